The summed E-state index contributed by atoms with van der Waals surface area (Å²) in [6.07, 6.45) is 3.78. The van der Waals surface area contributed by atoms with E-state index in [4.69, 9.17) is 30.5 Å². The number of benzene rings is 1. The summed E-state index contributed by atoms with van der Waals surface area (Å²) in [4.78, 5) is 0. The SMILES string of the molecule is CCCCC1COC(C2COC(CCc3cc(F)c(Cl)c(F)c3)OC2)OC1. The Bertz CT molecular complexity index is 577. The number of rotatable bonds is 7. The Kier molecular flexibility index (Phi) is 7.85. The van der Waals surface area contributed by atoms with E-state index in [0.29, 0.717) is 37.5 Å². The summed E-state index contributed by atoms with van der Waals surface area (Å²) in [6, 6.07) is 2.49. The van der Waals surface area contributed by atoms with Crippen LogP contribution in [0.5, 0.6) is 0 Å². The lowest BCUT2D eigenvalue weighted by Gasteiger charge is -2.37. The minimum Gasteiger partial charge on any atom is -0.352 e. The molecule has 0 spiro atoms. The molecule has 7 heteroatoms. The molecular formula is C20H27ClF2O4. The summed E-state index contributed by atoms with van der Waals surface area (Å²) in [5.41, 5.74) is 0.529. The average Bonchev–Trinajstić information content (AvgIpc) is 2.69. The largest absolute Gasteiger partial charge is 0.352 e. The van der Waals surface area contributed by atoms with Crippen molar-refractivity contribution in [3.05, 3.63) is 34.4 Å². The van der Waals surface area contributed by atoms with Crippen molar-refractivity contribution in [3.8, 4) is 0 Å². The van der Waals surface area contributed by atoms with Crippen LogP contribution in [0.2, 0.25) is 5.02 Å². The fraction of sp³-hybridized carbons (Fsp3) is 0.700. The maximum Gasteiger partial charge on any atom is 0.164 e. The van der Waals surface area contributed by atoms with Gasteiger partial charge in [0.1, 0.15) is 16.7 Å². The molecule has 0 bridgehead atoms. The van der Waals surface area contributed by atoms with Crippen molar-refractivity contribution < 1.29 is 27.7 Å². The number of halogens is 3. The Labute approximate surface area is 164 Å². The number of hydrogen-bond acceptors (Lipinski definition) is 4. The molecule has 1 aromatic rings. The van der Waals surface area contributed by atoms with E-state index in [1.54, 1.807) is 0 Å². The van der Waals surface area contributed by atoms with Crippen molar-refractivity contribution in [1.82, 2.24) is 0 Å². The molecule has 27 heavy (non-hydrogen) atoms. The number of ether oxygens (including phenoxy) is 4. The van der Waals surface area contributed by atoms with Gasteiger partial charge in [0.15, 0.2) is 12.6 Å². The smallest absolute Gasteiger partial charge is 0.164 e. The van der Waals surface area contributed by atoms with E-state index >= 15 is 0 Å². The molecule has 2 fully saturated rings. The lowest BCUT2D eigenvalue weighted by molar-refractivity contribution is -0.281. The molecule has 0 aliphatic carbocycles. The third-order valence-electron chi connectivity index (χ3n) is 5.05. The van der Waals surface area contributed by atoms with Crippen LogP contribution in [0.1, 0.15) is 38.2 Å². The monoisotopic (exact) mass is 404 g/mol. The first-order chi connectivity index (χ1) is 13.1. The second-order valence-electron chi connectivity index (χ2n) is 7.31. The van der Waals surface area contributed by atoms with Crippen molar-refractivity contribution in [2.75, 3.05) is 26.4 Å². The highest BCUT2D eigenvalue weighted by atomic mass is 35.5. The van der Waals surface area contributed by atoms with Crippen LogP contribution in [-0.4, -0.2) is 39.0 Å². The zero-order chi connectivity index (χ0) is 19.2. The van der Waals surface area contributed by atoms with Crippen molar-refractivity contribution >= 4 is 11.6 Å². The van der Waals surface area contributed by atoms with E-state index in [-0.39, 0.29) is 12.2 Å². The maximum atomic E-state index is 13.5. The van der Waals surface area contributed by atoms with Gasteiger partial charge in [0.05, 0.1) is 32.3 Å². The number of aryl methyl sites for hydroxylation is 1. The molecule has 0 radical (unpaired) electrons. The molecule has 0 unspecified atom stereocenters. The highest BCUT2D eigenvalue weighted by Gasteiger charge is 2.33. The Morgan fingerprint density at radius 1 is 0.963 bits per heavy atom. The molecule has 2 aliphatic rings. The summed E-state index contributed by atoms with van der Waals surface area (Å²) in [7, 11) is 0. The van der Waals surface area contributed by atoms with Gasteiger partial charge in [-0.05, 0) is 30.5 Å². The number of unbranched alkanes of at least 4 members (excludes halogenated alkanes) is 1. The Morgan fingerprint density at radius 3 is 2.19 bits per heavy atom. The van der Waals surface area contributed by atoms with Crippen LogP contribution in [0.15, 0.2) is 12.1 Å². The van der Waals surface area contributed by atoms with Gasteiger partial charge in [-0.3, -0.25) is 0 Å². The predicted octanol–water partition coefficient (Wildman–Crippen LogP) is 4.72. The van der Waals surface area contributed by atoms with Gasteiger partial charge in [0.2, 0.25) is 0 Å². The van der Waals surface area contributed by atoms with Gasteiger partial charge < -0.3 is 18.9 Å². The van der Waals surface area contributed by atoms with Crippen LogP contribution < -0.4 is 0 Å². The van der Waals surface area contributed by atoms with Crippen LogP contribution in [0.25, 0.3) is 0 Å². The zero-order valence-corrected chi connectivity index (χ0v) is 16.4. The summed E-state index contributed by atoms with van der Waals surface area (Å²) in [5.74, 6) is -0.986. The van der Waals surface area contributed by atoms with Crippen LogP contribution in [0.3, 0.4) is 0 Å². The quantitative estimate of drug-likeness (QED) is 0.616. The zero-order valence-electron chi connectivity index (χ0n) is 15.6. The van der Waals surface area contributed by atoms with E-state index in [0.717, 1.165) is 19.6 Å². The van der Waals surface area contributed by atoms with E-state index < -0.39 is 22.9 Å². The van der Waals surface area contributed by atoms with E-state index in [2.05, 4.69) is 6.92 Å². The van der Waals surface area contributed by atoms with Crippen molar-refractivity contribution in [1.29, 1.82) is 0 Å². The highest BCUT2D eigenvalue weighted by molar-refractivity contribution is 6.30. The number of hydrogen-bond donors (Lipinski definition) is 0. The standard InChI is InChI=1S/C20H27ClF2O4/c1-2-3-4-14-9-26-20(27-10-14)15-11-24-18(25-12-15)6-5-13-7-16(22)19(21)17(23)8-13/h7-8,14-15,18,20H,2-6,9-12H2,1H3. The summed E-state index contributed by atoms with van der Waals surface area (Å²) in [6.45, 7) is 4.59. The molecule has 0 aromatic heterocycles. The van der Waals surface area contributed by atoms with Crippen molar-refractivity contribution in [3.63, 3.8) is 0 Å². The topological polar surface area (TPSA) is 36.9 Å². The normalized spacial score (nSPS) is 29.0. The molecule has 4 nitrogen and oxygen atoms in total. The van der Waals surface area contributed by atoms with Gasteiger partial charge in [-0.1, -0.05) is 31.4 Å². The fourth-order valence-electron chi connectivity index (χ4n) is 3.41. The molecule has 2 heterocycles. The van der Waals surface area contributed by atoms with Crippen LogP contribution >= 0.6 is 11.6 Å². The van der Waals surface area contributed by atoms with Gasteiger partial charge in [0, 0.05) is 12.3 Å². The Balaban J connectivity index is 1.38. The van der Waals surface area contributed by atoms with Crippen molar-refractivity contribution in [2.45, 2.75) is 51.6 Å². The van der Waals surface area contributed by atoms with E-state index in [1.807, 2.05) is 0 Å². The molecule has 1 aromatic carbocycles. The van der Waals surface area contributed by atoms with Crippen molar-refractivity contribution in [2.24, 2.45) is 11.8 Å². The average molecular weight is 405 g/mol. The van der Waals surface area contributed by atoms with Crippen LogP contribution in [0.4, 0.5) is 8.78 Å². The first-order valence-electron chi connectivity index (χ1n) is 9.66. The fourth-order valence-corrected chi connectivity index (χ4v) is 3.52. The third kappa shape index (κ3) is 5.84. The molecule has 2 aliphatic heterocycles. The molecule has 0 N–H and O–H groups in total. The second kappa shape index (κ2) is 10.1. The van der Waals surface area contributed by atoms with Gasteiger partial charge in [-0.25, -0.2) is 8.78 Å². The highest BCUT2D eigenvalue weighted by Crippen LogP contribution is 2.26. The van der Waals surface area contributed by atoms with Gasteiger partial charge in [0.25, 0.3) is 0 Å². The summed E-state index contributed by atoms with van der Waals surface area (Å²) >= 11 is 5.50. The van der Waals surface area contributed by atoms with Crippen LogP contribution in [-0.2, 0) is 25.4 Å². The molecule has 3 rings (SSSR count). The molecule has 0 amide bonds. The maximum absolute atomic E-state index is 13.5. The lowest BCUT2D eigenvalue weighted by atomic mass is 10.0. The third-order valence-corrected chi connectivity index (χ3v) is 5.41. The second-order valence-corrected chi connectivity index (χ2v) is 7.69. The van der Waals surface area contributed by atoms with Gasteiger partial charge >= 0.3 is 0 Å². The molecule has 2 saturated heterocycles. The van der Waals surface area contributed by atoms with E-state index in [1.165, 1.54) is 25.0 Å². The van der Waals surface area contributed by atoms with Crippen LogP contribution in [0, 0.1) is 23.5 Å². The van der Waals surface area contributed by atoms with Gasteiger partial charge in [-0.2, -0.15) is 0 Å². The summed E-state index contributed by atoms with van der Waals surface area (Å²) in [5, 5.41) is -0.476. The predicted molar refractivity (Wildman–Crippen MR) is 97.6 cm³/mol. The Morgan fingerprint density at radius 2 is 1.59 bits per heavy atom. The Hall–Kier alpha value is -0.790. The molecule has 0 saturated carbocycles. The van der Waals surface area contributed by atoms with Gasteiger partial charge in [-0.15, -0.1) is 0 Å². The first-order valence-corrected chi connectivity index (χ1v) is 10.0. The van der Waals surface area contributed by atoms with E-state index in [9.17, 15) is 8.78 Å². The first kappa shape index (κ1) is 20.9. The lowest BCUT2D eigenvalue weighted by Crippen LogP contribution is -2.44. The summed E-state index contributed by atoms with van der Waals surface area (Å²) < 4.78 is 50.2. The molecule has 152 valence electrons. The minimum absolute atomic E-state index is 0.0406. The minimum atomic E-state index is -0.749. The molecular weight excluding hydrogens is 378 g/mol. The molecule has 0 atom stereocenters.